The van der Waals surface area contributed by atoms with Gasteiger partial charge in [-0.3, -0.25) is 0 Å². The van der Waals surface area contributed by atoms with E-state index in [1.165, 1.54) is 0 Å². The third-order valence-electron chi connectivity index (χ3n) is 4.43. The van der Waals surface area contributed by atoms with Gasteiger partial charge in [-0.15, -0.1) is 0 Å². The van der Waals surface area contributed by atoms with E-state index in [0.29, 0.717) is 0 Å². The fourth-order valence-electron chi connectivity index (χ4n) is 3.30. The average molecular weight is 422 g/mol. The number of para-hydroxylation sites is 1. The van der Waals surface area contributed by atoms with Gasteiger partial charge in [-0.2, -0.15) is 0 Å². The number of nitrogens with zero attached hydrogens (tertiary/aromatic N) is 1. The third kappa shape index (κ3) is 3.37. The molecule has 0 saturated heterocycles. The fourth-order valence-corrected chi connectivity index (χ4v) is 3.56. The molecule has 0 amide bonds. The Morgan fingerprint density at radius 1 is 0.852 bits per heavy atom. The van der Waals surface area contributed by atoms with Crippen LogP contribution >= 0.6 is 15.9 Å². The molecule has 0 bridgehead atoms. The Morgan fingerprint density at radius 3 is 2.19 bits per heavy atom. The Labute approximate surface area is 166 Å². The van der Waals surface area contributed by atoms with Gasteiger partial charge in [-0.1, -0.05) is 52.3 Å². The van der Waals surface area contributed by atoms with E-state index >= 15 is 0 Å². The summed E-state index contributed by atoms with van der Waals surface area (Å²) in [6.45, 7) is 5.64. The zero-order chi connectivity index (χ0) is 19.2. The average Bonchev–Trinajstić information content (AvgIpc) is 2.95. The van der Waals surface area contributed by atoms with Gasteiger partial charge < -0.3 is 4.74 Å². The lowest BCUT2D eigenvalue weighted by Crippen LogP contribution is -2.27. The first kappa shape index (κ1) is 17.8. The zero-order valence-corrected chi connectivity index (χ0v) is 17.1. The van der Waals surface area contributed by atoms with Gasteiger partial charge in [-0.05, 0) is 62.2 Å². The van der Waals surface area contributed by atoms with Crippen molar-refractivity contribution in [3.05, 3.63) is 71.2 Å². The molecule has 0 saturated carbocycles. The van der Waals surface area contributed by atoms with Crippen LogP contribution in [0.4, 0.5) is 4.79 Å². The van der Waals surface area contributed by atoms with Crippen molar-refractivity contribution in [2.24, 2.45) is 0 Å². The van der Waals surface area contributed by atoms with Crippen LogP contribution < -0.4 is 0 Å². The SMILES string of the molecule is CC(C)(C)OC(=O)n1c2ccccc2c2cc(-c3ccc(Br)cc3)ccc21. The smallest absolute Gasteiger partial charge is 0.419 e. The molecule has 0 spiro atoms. The molecule has 0 fully saturated rings. The molecule has 136 valence electrons. The van der Waals surface area contributed by atoms with Gasteiger partial charge in [0.1, 0.15) is 5.60 Å². The molecule has 0 aliphatic rings. The molecule has 0 atom stereocenters. The summed E-state index contributed by atoms with van der Waals surface area (Å²) >= 11 is 3.48. The van der Waals surface area contributed by atoms with Crippen molar-refractivity contribution in [2.75, 3.05) is 0 Å². The van der Waals surface area contributed by atoms with Gasteiger partial charge in [0, 0.05) is 15.2 Å². The molecule has 0 aliphatic heterocycles. The van der Waals surface area contributed by atoms with E-state index < -0.39 is 5.60 Å². The number of carbonyl (C=O) groups excluding carboxylic acids is 1. The fraction of sp³-hybridized carbons (Fsp3) is 0.174. The molecule has 0 N–H and O–H groups in total. The van der Waals surface area contributed by atoms with Gasteiger partial charge in [0.05, 0.1) is 11.0 Å². The van der Waals surface area contributed by atoms with E-state index in [4.69, 9.17) is 4.74 Å². The molecule has 4 rings (SSSR count). The third-order valence-corrected chi connectivity index (χ3v) is 4.95. The summed E-state index contributed by atoms with van der Waals surface area (Å²) in [5.41, 5.74) is 3.41. The maximum atomic E-state index is 12.9. The van der Waals surface area contributed by atoms with E-state index in [0.717, 1.165) is 37.4 Å². The lowest BCUT2D eigenvalue weighted by atomic mass is 10.0. The van der Waals surface area contributed by atoms with Gasteiger partial charge >= 0.3 is 6.09 Å². The highest BCUT2D eigenvalue weighted by Crippen LogP contribution is 2.33. The molecule has 1 heterocycles. The van der Waals surface area contributed by atoms with Crippen molar-refractivity contribution in [3.63, 3.8) is 0 Å². The van der Waals surface area contributed by atoms with Crippen molar-refractivity contribution in [2.45, 2.75) is 26.4 Å². The number of fused-ring (bicyclic) bond motifs is 3. The van der Waals surface area contributed by atoms with E-state index in [-0.39, 0.29) is 6.09 Å². The maximum Gasteiger partial charge on any atom is 0.419 e. The number of hydrogen-bond donors (Lipinski definition) is 0. The summed E-state index contributed by atoms with van der Waals surface area (Å²) in [6.07, 6.45) is -0.356. The van der Waals surface area contributed by atoms with Crippen LogP contribution in [-0.4, -0.2) is 16.3 Å². The van der Waals surface area contributed by atoms with E-state index in [9.17, 15) is 4.79 Å². The number of carbonyl (C=O) groups is 1. The minimum Gasteiger partial charge on any atom is -0.443 e. The molecule has 4 heteroatoms. The normalized spacial score (nSPS) is 11.9. The van der Waals surface area contributed by atoms with Crippen LogP contribution in [0.2, 0.25) is 0 Å². The molecular formula is C23H20BrNO2. The molecule has 4 aromatic rings. The largest absolute Gasteiger partial charge is 0.443 e. The van der Waals surface area contributed by atoms with Crippen LogP contribution in [0.15, 0.2) is 71.2 Å². The lowest BCUT2D eigenvalue weighted by molar-refractivity contribution is 0.0551. The number of rotatable bonds is 1. The Kier molecular flexibility index (Phi) is 4.31. The Balaban J connectivity index is 1.93. The van der Waals surface area contributed by atoms with Gasteiger partial charge in [-0.25, -0.2) is 9.36 Å². The Hall–Kier alpha value is -2.59. The lowest BCUT2D eigenvalue weighted by Gasteiger charge is -2.20. The van der Waals surface area contributed by atoms with Gasteiger partial charge in [0.15, 0.2) is 0 Å². The number of ether oxygens (including phenoxy) is 1. The van der Waals surface area contributed by atoms with Crippen LogP contribution in [0.3, 0.4) is 0 Å². The first-order valence-corrected chi connectivity index (χ1v) is 9.65. The second-order valence-electron chi connectivity index (χ2n) is 7.57. The van der Waals surface area contributed by atoms with Crippen molar-refractivity contribution >= 4 is 43.8 Å². The van der Waals surface area contributed by atoms with Crippen LogP contribution in [0.5, 0.6) is 0 Å². The molecule has 0 unspecified atom stereocenters. The second kappa shape index (κ2) is 6.54. The molecule has 0 radical (unpaired) electrons. The second-order valence-corrected chi connectivity index (χ2v) is 8.49. The summed E-state index contributed by atoms with van der Waals surface area (Å²) in [5, 5.41) is 2.08. The topological polar surface area (TPSA) is 31.2 Å². The minimum atomic E-state index is -0.549. The van der Waals surface area contributed by atoms with Crippen molar-refractivity contribution < 1.29 is 9.53 Å². The number of aromatic nitrogens is 1. The first-order chi connectivity index (χ1) is 12.8. The number of benzene rings is 3. The Morgan fingerprint density at radius 2 is 1.48 bits per heavy atom. The standard InChI is InChI=1S/C23H20BrNO2/c1-23(2,3)27-22(26)25-20-7-5-4-6-18(20)19-14-16(10-13-21(19)25)15-8-11-17(24)12-9-15/h4-14H,1-3H3. The first-order valence-electron chi connectivity index (χ1n) is 8.86. The molecular weight excluding hydrogens is 402 g/mol. The summed E-state index contributed by atoms with van der Waals surface area (Å²) < 4.78 is 8.36. The number of halogens is 1. The van der Waals surface area contributed by atoms with Gasteiger partial charge in [0.2, 0.25) is 0 Å². The highest BCUT2D eigenvalue weighted by atomic mass is 79.9. The van der Waals surface area contributed by atoms with Crippen molar-refractivity contribution in [1.29, 1.82) is 0 Å². The summed E-state index contributed by atoms with van der Waals surface area (Å²) in [5.74, 6) is 0. The van der Waals surface area contributed by atoms with E-state index in [1.807, 2.05) is 69.3 Å². The van der Waals surface area contributed by atoms with Crippen molar-refractivity contribution in [3.8, 4) is 11.1 Å². The van der Waals surface area contributed by atoms with Crippen molar-refractivity contribution in [1.82, 2.24) is 4.57 Å². The minimum absolute atomic E-state index is 0.356. The van der Waals surface area contributed by atoms with Crippen LogP contribution in [0.1, 0.15) is 20.8 Å². The molecule has 1 aromatic heterocycles. The predicted octanol–water partition coefficient (Wildman–Crippen LogP) is 7.01. The quantitative estimate of drug-likeness (QED) is 0.331. The van der Waals surface area contributed by atoms with Gasteiger partial charge in [0.25, 0.3) is 0 Å². The highest BCUT2D eigenvalue weighted by Gasteiger charge is 2.22. The van der Waals surface area contributed by atoms with E-state index in [2.05, 4.69) is 34.1 Å². The maximum absolute atomic E-state index is 12.9. The predicted molar refractivity (Wildman–Crippen MR) is 114 cm³/mol. The number of hydrogen-bond acceptors (Lipinski definition) is 2. The van der Waals surface area contributed by atoms with Crippen LogP contribution in [-0.2, 0) is 4.74 Å². The summed E-state index contributed by atoms with van der Waals surface area (Å²) in [7, 11) is 0. The molecule has 3 aromatic carbocycles. The summed E-state index contributed by atoms with van der Waals surface area (Å²) in [4.78, 5) is 12.9. The Bertz CT molecular complexity index is 1150. The van der Waals surface area contributed by atoms with E-state index in [1.54, 1.807) is 4.57 Å². The summed E-state index contributed by atoms with van der Waals surface area (Å²) in [6, 6.07) is 22.3. The van der Waals surface area contributed by atoms with Crippen LogP contribution in [0.25, 0.3) is 32.9 Å². The van der Waals surface area contributed by atoms with Crippen LogP contribution in [0, 0.1) is 0 Å². The molecule has 27 heavy (non-hydrogen) atoms. The molecule has 3 nitrogen and oxygen atoms in total. The monoisotopic (exact) mass is 421 g/mol. The highest BCUT2D eigenvalue weighted by molar-refractivity contribution is 9.10. The zero-order valence-electron chi connectivity index (χ0n) is 15.5. The molecule has 0 aliphatic carbocycles.